The van der Waals surface area contributed by atoms with E-state index in [1.807, 2.05) is 36.4 Å². The lowest BCUT2D eigenvalue weighted by Gasteiger charge is -2.12. The first-order chi connectivity index (χ1) is 14.0. The summed E-state index contributed by atoms with van der Waals surface area (Å²) in [4.78, 5) is 23.8. The molecule has 3 aromatic rings. The highest BCUT2D eigenvalue weighted by atomic mass is 16.5. The summed E-state index contributed by atoms with van der Waals surface area (Å²) in [5.41, 5.74) is 1.97. The van der Waals surface area contributed by atoms with Crippen molar-refractivity contribution >= 4 is 23.2 Å². The zero-order valence-electron chi connectivity index (χ0n) is 16.0. The molecule has 3 rings (SSSR count). The Morgan fingerprint density at radius 1 is 0.931 bits per heavy atom. The van der Waals surface area contributed by atoms with Crippen LogP contribution in [0.25, 0.3) is 0 Å². The number of nitrogens with one attached hydrogen (secondary N) is 2. The Morgan fingerprint density at radius 2 is 1.69 bits per heavy atom. The molecule has 0 fully saturated rings. The van der Waals surface area contributed by atoms with Gasteiger partial charge in [0, 0.05) is 25.1 Å². The molecule has 0 spiro atoms. The highest BCUT2D eigenvalue weighted by Crippen LogP contribution is 2.28. The number of para-hydroxylation sites is 1. The predicted molar refractivity (Wildman–Crippen MR) is 112 cm³/mol. The molecule has 3 N–H and O–H groups in total. The largest absolute Gasteiger partial charge is 0.505 e. The molecule has 148 valence electrons. The molecule has 0 bridgehead atoms. The number of benzene rings is 3. The van der Waals surface area contributed by atoms with E-state index >= 15 is 0 Å². The lowest BCUT2D eigenvalue weighted by atomic mass is 10.1. The van der Waals surface area contributed by atoms with E-state index in [1.165, 1.54) is 24.6 Å². The van der Waals surface area contributed by atoms with Crippen molar-refractivity contribution in [1.82, 2.24) is 0 Å². The Bertz CT molecular complexity index is 1000. The molecule has 0 heterocycles. The van der Waals surface area contributed by atoms with Gasteiger partial charge in [0.05, 0.1) is 17.9 Å². The Hall–Kier alpha value is -3.80. The first kappa shape index (κ1) is 19.9. The van der Waals surface area contributed by atoms with Crippen molar-refractivity contribution in [3.63, 3.8) is 0 Å². The summed E-state index contributed by atoms with van der Waals surface area (Å²) in [6.45, 7) is 1.84. The fourth-order valence-corrected chi connectivity index (χ4v) is 2.81. The van der Waals surface area contributed by atoms with Crippen molar-refractivity contribution in [2.45, 2.75) is 13.3 Å². The van der Waals surface area contributed by atoms with Crippen LogP contribution in [-0.4, -0.2) is 23.5 Å². The van der Waals surface area contributed by atoms with E-state index in [2.05, 4.69) is 10.6 Å². The summed E-state index contributed by atoms with van der Waals surface area (Å²) in [5.74, 6) is -0.472. The van der Waals surface area contributed by atoms with Crippen molar-refractivity contribution in [3.8, 4) is 11.5 Å². The molecule has 0 atom stereocenters. The maximum Gasteiger partial charge on any atom is 0.259 e. The van der Waals surface area contributed by atoms with Gasteiger partial charge in [-0.15, -0.1) is 0 Å². The lowest BCUT2D eigenvalue weighted by Crippen LogP contribution is -2.14. The summed E-state index contributed by atoms with van der Waals surface area (Å²) in [6, 6.07) is 21.7. The summed E-state index contributed by atoms with van der Waals surface area (Å²) < 4.78 is 5.78. The quantitative estimate of drug-likeness (QED) is 0.527. The summed E-state index contributed by atoms with van der Waals surface area (Å²) >= 11 is 0. The molecular formula is C23H22N2O4. The number of ether oxygens (including phenoxy) is 1. The fourth-order valence-electron chi connectivity index (χ4n) is 2.81. The molecule has 0 unspecified atom stereocenters. The van der Waals surface area contributed by atoms with Crippen LogP contribution in [-0.2, 0) is 11.2 Å². The van der Waals surface area contributed by atoms with Crippen molar-refractivity contribution in [2.75, 3.05) is 17.2 Å². The van der Waals surface area contributed by atoms with Crippen LogP contribution in [0.3, 0.4) is 0 Å². The van der Waals surface area contributed by atoms with Gasteiger partial charge >= 0.3 is 0 Å². The third kappa shape index (κ3) is 5.59. The van der Waals surface area contributed by atoms with E-state index in [1.54, 1.807) is 24.3 Å². The minimum Gasteiger partial charge on any atom is -0.505 e. The predicted octanol–water partition coefficient (Wildman–Crippen LogP) is 4.22. The molecule has 6 nitrogen and oxygen atoms in total. The van der Waals surface area contributed by atoms with E-state index in [-0.39, 0.29) is 22.9 Å². The van der Waals surface area contributed by atoms with Crippen LogP contribution in [0.5, 0.6) is 11.5 Å². The minimum absolute atomic E-state index is 0.0617. The van der Waals surface area contributed by atoms with Crippen molar-refractivity contribution in [2.24, 2.45) is 0 Å². The first-order valence-corrected chi connectivity index (χ1v) is 9.20. The van der Waals surface area contributed by atoms with Gasteiger partial charge in [-0.3, -0.25) is 9.59 Å². The number of aromatic hydroxyl groups is 1. The van der Waals surface area contributed by atoms with Gasteiger partial charge in [-0.05, 0) is 29.8 Å². The normalized spacial score (nSPS) is 10.2. The average molecular weight is 390 g/mol. The molecule has 2 amide bonds. The van der Waals surface area contributed by atoms with Gasteiger partial charge in [-0.1, -0.05) is 42.5 Å². The van der Waals surface area contributed by atoms with Gasteiger partial charge in [0.25, 0.3) is 5.91 Å². The molecule has 0 saturated heterocycles. The second kappa shape index (κ2) is 9.41. The molecule has 0 aliphatic rings. The van der Waals surface area contributed by atoms with Crippen LogP contribution >= 0.6 is 0 Å². The first-order valence-electron chi connectivity index (χ1n) is 9.20. The van der Waals surface area contributed by atoms with Gasteiger partial charge in [-0.2, -0.15) is 0 Å². The molecule has 0 aliphatic carbocycles. The minimum atomic E-state index is -0.490. The number of hydrogen-bond donors (Lipinski definition) is 3. The topological polar surface area (TPSA) is 87.7 Å². The van der Waals surface area contributed by atoms with Gasteiger partial charge in [-0.25, -0.2) is 0 Å². The molecule has 0 aromatic heterocycles. The van der Waals surface area contributed by atoms with Crippen LogP contribution in [0.1, 0.15) is 22.8 Å². The molecule has 3 aromatic carbocycles. The number of anilines is 2. The second-order valence-electron chi connectivity index (χ2n) is 6.45. The maximum atomic E-state index is 12.6. The summed E-state index contributed by atoms with van der Waals surface area (Å²) in [6.07, 6.45) is 0.779. The zero-order chi connectivity index (χ0) is 20.6. The number of phenolic OH excluding ortho intramolecular Hbond substituents is 1. The summed E-state index contributed by atoms with van der Waals surface area (Å²) in [5, 5.41) is 15.5. The van der Waals surface area contributed by atoms with Gasteiger partial charge < -0.3 is 20.5 Å². The van der Waals surface area contributed by atoms with Crippen molar-refractivity contribution in [3.05, 3.63) is 83.9 Å². The third-order valence-corrected chi connectivity index (χ3v) is 4.19. The molecule has 6 heteroatoms. The number of carbonyl (C=O) groups excluding carboxylic acids is 2. The average Bonchev–Trinajstić information content (AvgIpc) is 2.70. The van der Waals surface area contributed by atoms with Crippen molar-refractivity contribution < 1.29 is 19.4 Å². The monoisotopic (exact) mass is 390 g/mol. The summed E-state index contributed by atoms with van der Waals surface area (Å²) in [7, 11) is 0. The van der Waals surface area contributed by atoms with Gasteiger partial charge in [0.15, 0.2) is 5.75 Å². The number of hydrogen-bond acceptors (Lipinski definition) is 4. The van der Waals surface area contributed by atoms with Crippen LogP contribution in [0.15, 0.2) is 72.8 Å². The lowest BCUT2D eigenvalue weighted by molar-refractivity contribution is -0.114. The highest BCUT2D eigenvalue weighted by molar-refractivity contribution is 6.08. The number of rotatable bonds is 7. The Kier molecular flexibility index (Phi) is 6.47. The SMILES string of the molecule is CC(=O)Nc1cccc(C(=O)Nc2cccc(OCCc3ccccc3)c2)c1O. The Morgan fingerprint density at radius 3 is 2.45 bits per heavy atom. The van der Waals surface area contributed by atoms with E-state index in [0.29, 0.717) is 18.0 Å². The Labute approximate surface area is 169 Å². The standard InChI is InChI=1S/C23H22N2O4/c1-16(26)24-21-12-6-11-20(22(21)27)23(28)25-18-9-5-10-19(15-18)29-14-13-17-7-3-2-4-8-17/h2-12,15,27H,13-14H2,1H3,(H,24,26)(H,25,28). The maximum absolute atomic E-state index is 12.6. The smallest absolute Gasteiger partial charge is 0.259 e. The van der Waals surface area contributed by atoms with Crippen molar-refractivity contribution in [1.29, 1.82) is 0 Å². The van der Waals surface area contributed by atoms with E-state index in [4.69, 9.17) is 4.74 Å². The molecule has 29 heavy (non-hydrogen) atoms. The Balaban J connectivity index is 1.64. The van der Waals surface area contributed by atoms with Crippen LogP contribution in [0, 0.1) is 0 Å². The van der Waals surface area contributed by atoms with Crippen LogP contribution in [0.2, 0.25) is 0 Å². The second-order valence-corrected chi connectivity index (χ2v) is 6.45. The number of phenols is 1. The molecular weight excluding hydrogens is 368 g/mol. The number of carbonyl (C=O) groups is 2. The van der Waals surface area contributed by atoms with E-state index < -0.39 is 5.91 Å². The number of amides is 2. The van der Waals surface area contributed by atoms with E-state index in [9.17, 15) is 14.7 Å². The molecule has 0 radical (unpaired) electrons. The fraction of sp³-hybridized carbons (Fsp3) is 0.130. The highest BCUT2D eigenvalue weighted by Gasteiger charge is 2.15. The zero-order valence-corrected chi connectivity index (χ0v) is 16.0. The van der Waals surface area contributed by atoms with Gasteiger partial charge in [0.1, 0.15) is 5.75 Å². The van der Waals surface area contributed by atoms with Crippen LogP contribution in [0.4, 0.5) is 11.4 Å². The molecule has 0 saturated carbocycles. The van der Waals surface area contributed by atoms with Gasteiger partial charge in [0.2, 0.25) is 5.91 Å². The van der Waals surface area contributed by atoms with E-state index in [0.717, 1.165) is 6.42 Å². The molecule has 0 aliphatic heterocycles. The van der Waals surface area contributed by atoms with Crippen LogP contribution < -0.4 is 15.4 Å². The third-order valence-electron chi connectivity index (χ3n) is 4.19.